The molecule has 0 aliphatic carbocycles. The number of rotatable bonds is 33. The van der Waals surface area contributed by atoms with Gasteiger partial charge in [-0.25, -0.2) is 0 Å². The molecule has 0 aliphatic heterocycles. The Bertz CT molecular complexity index is 582. The molecule has 4 nitrogen and oxygen atoms in total. The van der Waals surface area contributed by atoms with Crippen LogP contribution >= 0.6 is 0 Å². The minimum Gasteiger partial charge on any atom is -0.481 e. The van der Waals surface area contributed by atoms with Gasteiger partial charge >= 0.3 is 11.9 Å². The Hall–Kier alpha value is -1.06. The van der Waals surface area contributed by atoms with E-state index in [2.05, 4.69) is 27.7 Å². The van der Waals surface area contributed by atoms with E-state index < -0.39 is 17.4 Å². The minimum absolute atomic E-state index is 0.0756. The maximum absolute atomic E-state index is 13.3. The summed E-state index contributed by atoms with van der Waals surface area (Å²) in [5.41, 5.74) is -0.787. The smallest absolute Gasteiger partial charge is 0.309 e. The standard InChI is InChI=1S/C38H74O4/c1-5-9-13-17-19-23-28-34(26-21-15-11-7-3)32-38(37(41)42,31-25-30-36(39)40)33-35(27-22-16-12-8-4)29-24-20-18-14-10-6-2/h34-35H,5-33H2,1-4H3,(H,39,40)(H,41,42). The molecule has 0 spiro atoms. The molecule has 2 N–H and O–H groups in total. The van der Waals surface area contributed by atoms with Crippen LogP contribution < -0.4 is 0 Å². The number of unbranched alkanes of at least 4 members (excludes halogenated alkanes) is 16. The third-order valence-corrected chi connectivity index (χ3v) is 9.72. The van der Waals surface area contributed by atoms with Crippen LogP contribution in [0.25, 0.3) is 0 Å². The first-order valence-electron chi connectivity index (χ1n) is 18.8. The lowest BCUT2D eigenvalue weighted by Crippen LogP contribution is -2.36. The van der Waals surface area contributed by atoms with Crippen molar-refractivity contribution in [3.8, 4) is 0 Å². The van der Waals surface area contributed by atoms with E-state index in [-0.39, 0.29) is 6.42 Å². The minimum atomic E-state index is -0.805. The Morgan fingerprint density at radius 3 is 1.10 bits per heavy atom. The monoisotopic (exact) mass is 595 g/mol. The molecule has 0 radical (unpaired) electrons. The SMILES string of the molecule is CCCCCCCCC(CCCCCC)CC(CCCC(=O)O)(CC(CCCCCC)CCCCCCCC)C(=O)O. The van der Waals surface area contributed by atoms with Gasteiger partial charge in [-0.05, 0) is 37.5 Å². The molecule has 4 heteroatoms. The van der Waals surface area contributed by atoms with Crippen molar-refractivity contribution in [2.45, 2.75) is 214 Å². The zero-order chi connectivity index (χ0) is 31.3. The van der Waals surface area contributed by atoms with Gasteiger partial charge in [-0.3, -0.25) is 9.59 Å². The molecular weight excluding hydrogens is 520 g/mol. The van der Waals surface area contributed by atoms with Gasteiger partial charge in [0.05, 0.1) is 5.41 Å². The van der Waals surface area contributed by atoms with Gasteiger partial charge in [-0.1, -0.05) is 182 Å². The van der Waals surface area contributed by atoms with Crippen LogP contribution in [0.4, 0.5) is 0 Å². The first-order valence-corrected chi connectivity index (χ1v) is 18.8. The molecule has 0 fully saturated rings. The van der Waals surface area contributed by atoms with Crippen LogP contribution in [0.3, 0.4) is 0 Å². The Morgan fingerprint density at radius 1 is 0.476 bits per heavy atom. The summed E-state index contributed by atoms with van der Waals surface area (Å²) >= 11 is 0. The zero-order valence-electron chi connectivity index (χ0n) is 28.9. The molecule has 0 rings (SSSR count). The molecule has 0 aromatic rings. The van der Waals surface area contributed by atoms with Crippen molar-refractivity contribution in [1.82, 2.24) is 0 Å². The van der Waals surface area contributed by atoms with Gasteiger partial charge in [0.15, 0.2) is 0 Å². The highest BCUT2D eigenvalue weighted by Gasteiger charge is 2.41. The van der Waals surface area contributed by atoms with E-state index in [1.54, 1.807) is 0 Å². The third-order valence-electron chi connectivity index (χ3n) is 9.72. The van der Waals surface area contributed by atoms with Gasteiger partial charge in [0, 0.05) is 6.42 Å². The molecule has 0 saturated heterocycles. The molecule has 0 aromatic carbocycles. The number of hydrogen-bond acceptors (Lipinski definition) is 2. The fourth-order valence-corrected chi connectivity index (χ4v) is 7.10. The lowest BCUT2D eigenvalue weighted by molar-refractivity contribution is -0.153. The maximum Gasteiger partial charge on any atom is 0.309 e. The molecule has 42 heavy (non-hydrogen) atoms. The molecular formula is C38H74O4. The van der Waals surface area contributed by atoms with Crippen LogP contribution in [0.2, 0.25) is 0 Å². The van der Waals surface area contributed by atoms with Crippen LogP contribution in [0, 0.1) is 17.3 Å². The predicted octanol–water partition coefficient (Wildman–Crippen LogP) is 12.8. The van der Waals surface area contributed by atoms with E-state index in [4.69, 9.17) is 0 Å². The zero-order valence-corrected chi connectivity index (χ0v) is 28.9. The molecule has 2 unspecified atom stereocenters. The van der Waals surface area contributed by atoms with E-state index in [1.165, 1.54) is 128 Å². The summed E-state index contributed by atoms with van der Waals surface area (Å²) in [5, 5.41) is 20.3. The van der Waals surface area contributed by atoms with Gasteiger partial charge in [0.25, 0.3) is 0 Å². The number of carboxylic acids is 2. The fraction of sp³-hybridized carbons (Fsp3) is 0.947. The molecule has 2 atom stereocenters. The highest BCUT2D eigenvalue weighted by atomic mass is 16.4. The fourth-order valence-electron chi connectivity index (χ4n) is 7.10. The van der Waals surface area contributed by atoms with Crippen LogP contribution in [0.15, 0.2) is 0 Å². The molecule has 0 aliphatic rings. The van der Waals surface area contributed by atoms with Crippen molar-refractivity contribution in [2.24, 2.45) is 17.3 Å². The molecule has 0 saturated carbocycles. The van der Waals surface area contributed by atoms with Gasteiger partial charge in [-0.15, -0.1) is 0 Å². The van der Waals surface area contributed by atoms with Crippen molar-refractivity contribution < 1.29 is 19.8 Å². The maximum atomic E-state index is 13.3. The van der Waals surface area contributed by atoms with Gasteiger partial charge in [0.1, 0.15) is 0 Å². The second kappa shape index (κ2) is 28.7. The Balaban J connectivity index is 5.77. The Labute approximate surface area is 262 Å². The second-order valence-electron chi connectivity index (χ2n) is 13.8. The molecule has 0 bridgehead atoms. The van der Waals surface area contributed by atoms with Crippen molar-refractivity contribution in [1.29, 1.82) is 0 Å². The Kier molecular flexibility index (Phi) is 28.0. The average molecular weight is 595 g/mol. The summed E-state index contributed by atoms with van der Waals surface area (Å²) in [6, 6.07) is 0. The largest absolute Gasteiger partial charge is 0.481 e. The first-order chi connectivity index (χ1) is 20.3. The highest BCUT2D eigenvalue weighted by molar-refractivity contribution is 5.75. The van der Waals surface area contributed by atoms with E-state index in [0.29, 0.717) is 24.7 Å². The van der Waals surface area contributed by atoms with Crippen LogP contribution in [-0.4, -0.2) is 22.2 Å². The topological polar surface area (TPSA) is 74.6 Å². The van der Waals surface area contributed by atoms with Crippen LogP contribution in [0.1, 0.15) is 214 Å². The molecule has 0 aromatic heterocycles. The summed E-state index contributed by atoms with van der Waals surface area (Å²) in [6.45, 7) is 9.00. The normalized spacial score (nSPS) is 14.5. The number of carboxylic acid groups (broad SMARTS) is 2. The Morgan fingerprint density at radius 2 is 0.786 bits per heavy atom. The van der Waals surface area contributed by atoms with E-state index in [9.17, 15) is 19.8 Å². The van der Waals surface area contributed by atoms with Crippen molar-refractivity contribution in [3.05, 3.63) is 0 Å². The molecule has 0 heterocycles. The van der Waals surface area contributed by atoms with Crippen molar-refractivity contribution >= 4 is 11.9 Å². The van der Waals surface area contributed by atoms with Gasteiger partial charge in [-0.2, -0.15) is 0 Å². The van der Waals surface area contributed by atoms with Crippen LogP contribution in [-0.2, 0) is 9.59 Å². The van der Waals surface area contributed by atoms with E-state index in [1.807, 2.05) is 0 Å². The quantitative estimate of drug-likeness (QED) is 0.0741. The van der Waals surface area contributed by atoms with Crippen LogP contribution in [0.5, 0.6) is 0 Å². The third kappa shape index (κ3) is 22.5. The predicted molar refractivity (Wildman–Crippen MR) is 181 cm³/mol. The molecule has 250 valence electrons. The summed E-state index contributed by atoms with van der Waals surface area (Å²) < 4.78 is 0. The number of aliphatic carboxylic acids is 2. The lowest BCUT2D eigenvalue weighted by Gasteiger charge is -2.37. The van der Waals surface area contributed by atoms with Gasteiger partial charge in [0.2, 0.25) is 0 Å². The van der Waals surface area contributed by atoms with E-state index in [0.717, 1.165) is 38.5 Å². The molecule has 0 amide bonds. The number of hydrogen-bond donors (Lipinski definition) is 2. The summed E-state index contributed by atoms with van der Waals surface area (Å²) in [4.78, 5) is 24.7. The average Bonchev–Trinajstić information content (AvgIpc) is 2.96. The van der Waals surface area contributed by atoms with Gasteiger partial charge < -0.3 is 10.2 Å². The summed E-state index contributed by atoms with van der Waals surface area (Å²) in [5.74, 6) is -0.593. The highest BCUT2D eigenvalue weighted by Crippen LogP contribution is 2.44. The first kappa shape index (κ1) is 40.9. The summed E-state index contributed by atoms with van der Waals surface area (Å²) in [6.07, 6.45) is 32.1. The second-order valence-corrected chi connectivity index (χ2v) is 13.8. The lowest BCUT2D eigenvalue weighted by atomic mass is 9.67. The van der Waals surface area contributed by atoms with Crippen molar-refractivity contribution in [2.75, 3.05) is 0 Å². The van der Waals surface area contributed by atoms with Crippen molar-refractivity contribution in [3.63, 3.8) is 0 Å². The van der Waals surface area contributed by atoms with E-state index >= 15 is 0 Å². The summed E-state index contributed by atoms with van der Waals surface area (Å²) in [7, 11) is 0. The number of carbonyl (C=O) groups is 2.